The van der Waals surface area contributed by atoms with Crippen LogP contribution in [0, 0.1) is 17.2 Å². The fourth-order valence-corrected chi connectivity index (χ4v) is 3.08. The molecule has 2 aromatic rings. The normalized spacial score (nSPS) is 14.0. The number of benzene rings is 1. The molecular weight excluding hydrogens is 366 g/mol. The first-order valence-corrected chi connectivity index (χ1v) is 9.78. The second-order valence-corrected chi connectivity index (χ2v) is 7.52. The number of likely N-dealkylation sites (N-methyl/N-ethyl adjacent to an activating group) is 1. The highest BCUT2D eigenvalue weighted by Gasteiger charge is 2.29. The topological polar surface area (TPSA) is 99.0 Å². The lowest BCUT2D eigenvalue weighted by Crippen LogP contribution is -2.38. The van der Waals surface area contributed by atoms with Gasteiger partial charge in [-0.05, 0) is 31.4 Å². The maximum Gasteiger partial charge on any atom is 0.244 e. The summed E-state index contributed by atoms with van der Waals surface area (Å²) >= 11 is 0. The van der Waals surface area contributed by atoms with Crippen molar-refractivity contribution in [2.24, 2.45) is 5.92 Å². The molecule has 0 saturated heterocycles. The van der Waals surface area contributed by atoms with E-state index in [4.69, 9.17) is 0 Å². The molecule has 29 heavy (non-hydrogen) atoms. The molecule has 1 N–H and O–H groups in total. The van der Waals surface area contributed by atoms with Crippen LogP contribution in [-0.2, 0) is 16.0 Å². The fraction of sp³-hybridized carbons (Fsp3) is 0.409. The zero-order valence-electron chi connectivity index (χ0n) is 17.0. The summed E-state index contributed by atoms with van der Waals surface area (Å²) in [6.07, 6.45) is 6.16. The van der Waals surface area contributed by atoms with E-state index in [0.29, 0.717) is 35.5 Å². The number of nitriles is 1. The van der Waals surface area contributed by atoms with E-state index in [0.717, 1.165) is 18.4 Å². The smallest absolute Gasteiger partial charge is 0.244 e. The zero-order valence-corrected chi connectivity index (χ0v) is 17.0. The van der Waals surface area contributed by atoms with Crippen LogP contribution in [0.2, 0.25) is 0 Å². The second-order valence-electron chi connectivity index (χ2n) is 7.52. The van der Waals surface area contributed by atoms with Crippen molar-refractivity contribution in [3.63, 3.8) is 0 Å². The third kappa shape index (κ3) is 4.96. The molecule has 1 amide bonds. The van der Waals surface area contributed by atoms with Gasteiger partial charge in [-0.1, -0.05) is 13.0 Å². The molecule has 0 spiro atoms. The molecule has 1 atom stereocenters. The predicted octanol–water partition coefficient (Wildman–Crippen LogP) is 2.82. The molecule has 7 nitrogen and oxygen atoms in total. The van der Waals surface area contributed by atoms with Crippen molar-refractivity contribution in [2.45, 2.75) is 38.6 Å². The summed E-state index contributed by atoms with van der Waals surface area (Å²) in [5.74, 6) is 0.388. The van der Waals surface area contributed by atoms with Gasteiger partial charge in [0.15, 0.2) is 0 Å². The number of aromatic nitrogens is 2. The summed E-state index contributed by atoms with van der Waals surface area (Å²) in [4.78, 5) is 34.6. The molecule has 150 valence electrons. The molecule has 3 rings (SSSR count). The van der Waals surface area contributed by atoms with Crippen molar-refractivity contribution in [1.82, 2.24) is 14.9 Å². The number of nitrogens with zero attached hydrogens (tertiary/aromatic N) is 4. The van der Waals surface area contributed by atoms with E-state index < -0.39 is 6.04 Å². The van der Waals surface area contributed by atoms with Gasteiger partial charge in [0.25, 0.3) is 0 Å². The van der Waals surface area contributed by atoms with Crippen molar-refractivity contribution < 1.29 is 9.59 Å². The lowest BCUT2D eigenvalue weighted by molar-refractivity contribution is -0.129. The molecule has 1 aromatic heterocycles. The number of amides is 1. The van der Waals surface area contributed by atoms with Gasteiger partial charge in [0.05, 0.1) is 35.3 Å². The van der Waals surface area contributed by atoms with Crippen molar-refractivity contribution in [3.8, 4) is 17.3 Å². The van der Waals surface area contributed by atoms with Gasteiger partial charge >= 0.3 is 0 Å². The Morgan fingerprint density at radius 2 is 2.03 bits per heavy atom. The molecule has 0 radical (unpaired) electrons. The van der Waals surface area contributed by atoms with Gasteiger partial charge < -0.3 is 10.2 Å². The zero-order chi connectivity index (χ0) is 21.0. The lowest BCUT2D eigenvalue weighted by Gasteiger charge is -2.22. The van der Waals surface area contributed by atoms with E-state index in [2.05, 4.69) is 21.4 Å². The number of ketones is 1. The molecule has 1 saturated carbocycles. The van der Waals surface area contributed by atoms with E-state index in [9.17, 15) is 14.9 Å². The van der Waals surface area contributed by atoms with Crippen LogP contribution in [0.3, 0.4) is 0 Å². The number of nitrogens with one attached hydrogen (secondary N) is 1. The van der Waals surface area contributed by atoms with Crippen LogP contribution in [0.4, 0.5) is 5.69 Å². The number of hydrogen-bond donors (Lipinski definition) is 1. The maximum absolute atomic E-state index is 12.3. The Hall–Kier alpha value is -3.27. The Balaban J connectivity index is 1.81. The monoisotopic (exact) mass is 391 g/mol. The Labute approximate surface area is 170 Å². The van der Waals surface area contributed by atoms with Crippen molar-refractivity contribution in [3.05, 3.63) is 41.9 Å². The number of carbonyl (C=O) groups is 2. The summed E-state index contributed by atoms with van der Waals surface area (Å²) in [7, 11) is 3.42. The number of rotatable bonds is 8. The Morgan fingerprint density at radius 1 is 1.28 bits per heavy atom. The predicted molar refractivity (Wildman–Crippen MR) is 110 cm³/mol. The number of Topliss-reactive ketones (excluding diaryl/α,β-unsaturated/α-hetero) is 1. The van der Waals surface area contributed by atoms with Gasteiger partial charge in [-0.2, -0.15) is 5.26 Å². The summed E-state index contributed by atoms with van der Waals surface area (Å²) in [5.41, 5.74) is 3.14. The maximum atomic E-state index is 12.3. The first-order chi connectivity index (χ1) is 13.9. The minimum Gasteiger partial charge on any atom is -0.373 e. The van der Waals surface area contributed by atoms with E-state index >= 15 is 0 Å². The third-order valence-corrected chi connectivity index (χ3v) is 5.01. The number of carbonyl (C=O) groups excluding carboxylic acids is 2. The summed E-state index contributed by atoms with van der Waals surface area (Å²) < 4.78 is 0. The highest BCUT2D eigenvalue weighted by Crippen LogP contribution is 2.31. The fourth-order valence-electron chi connectivity index (χ4n) is 3.08. The quantitative estimate of drug-likeness (QED) is 0.743. The molecule has 1 aromatic carbocycles. The van der Waals surface area contributed by atoms with Gasteiger partial charge in [-0.3, -0.25) is 19.6 Å². The minimum absolute atomic E-state index is 0.0498. The number of anilines is 1. The highest BCUT2D eigenvalue weighted by atomic mass is 16.2. The molecule has 1 fully saturated rings. The average Bonchev–Trinajstić information content (AvgIpc) is 3.57. The van der Waals surface area contributed by atoms with Gasteiger partial charge in [-0.15, -0.1) is 0 Å². The van der Waals surface area contributed by atoms with E-state index in [1.807, 2.05) is 13.0 Å². The molecule has 1 aliphatic carbocycles. The van der Waals surface area contributed by atoms with Crippen molar-refractivity contribution in [1.29, 1.82) is 5.26 Å². The van der Waals surface area contributed by atoms with E-state index in [1.165, 1.54) is 4.90 Å². The van der Waals surface area contributed by atoms with Crippen LogP contribution in [0.5, 0.6) is 0 Å². The first kappa shape index (κ1) is 20.5. The molecular formula is C22H25N5O2. The summed E-state index contributed by atoms with van der Waals surface area (Å²) in [6, 6.07) is 7.05. The number of hydrogen-bond acceptors (Lipinski definition) is 6. The van der Waals surface area contributed by atoms with Crippen molar-refractivity contribution in [2.75, 3.05) is 19.4 Å². The third-order valence-electron chi connectivity index (χ3n) is 5.01. The van der Waals surface area contributed by atoms with Gasteiger partial charge in [0.1, 0.15) is 17.9 Å². The van der Waals surface area contributed by atoms with Crippen LogP contribution >= 0.6 is 0 Å². The van der Waals surface area contributed by atoms with Crippen LogP contribution in [0.15, 0.2) is 30.6 Å². The van der Waals surface area contributed by atoms with Crippen molar-refractivity contribution >= 4 is 17.4 Å². The Bertz CT molecular complexity index is 943. The van der Waals surface area contributed by atoms with Gasteiger partial charge in [0, 0.05) is 31.8 Å². The lowest BCUT2D eigenvalue weighted by atomic mass is 10.1. The first-order valence-electron chi connectivity index (χ1n) is 9.78. The average molecular weight is 391 g/mol. The minimum atomic E-state index is -0.422. The Morgan fingerprint density at radius 3 is 2.59 bits per heavy atom. The standard InChI is InChI=1S/C22H25N5O2/c1-4-18(22(29)27(2)3)26-19-9-15(7-8-16(19)11-23)20-13-24-17(12-25-20)10-21(28)14-5-6-14/h7-9,12-14,18,26H,4-6,10H2,1-3H3. The summed E-state index contributed by atoms with van der Waals surface area (Å²) in [5, 5.41) is 12.6. The largest absolute Gasteiger partial charge is 0.373 e. The van der Waals surface area contributed by atoms with E-state index in [1.54, 1.807) is 38.6 Å². The van der Waals surface area contributed by atoms with Gasteiger partial charge in [0.2, 0.25) is 5.91 Å². The molecule has 7 heteroatoms. The molecule has 0 aliphatic heterocycles. The molecule has 1 heterocycles. The van der Waals surface area contributed by atoms with Crippen LogP contribution < -0.4 is 5.32 Å². The van der Waals surface area contributed by atoms with Crippen LogP contribution in [0.25, 0.3) is 11.3 Å². The van der Waals surface area contributed by atoms with Crippen LogP contribution in [-0.4, -0.2) is 46.7 Å². The molecule has 0 bridgehead atoms. The summed E-state index contributed by atoms with van der Waals surface area (Å²) in [6.45, 7) is 1.92. The van der Waals surface area contributed by atoms with Crippen LogP contribution in [0.1, 0.15) is 37.4 Å². The molecule has 1 unspecified atom stereocenters. The highest BCUT2D eigenvalue weighted by molar-refractivity contribution is 5.85. The SMILES string of the molecule is CCC(Nc1cc(-c2cnc(CC(=O)C3CC3)cn2)ccc1C#N)C(=O)N(C)C. The second kappa shape index (κ2) is 8.82. The Kier molecular flexibility index (Phi) is 6.23. The van der Waals surface area contributed by atoms with Gasteiger partial charge in [-0.25, -0.2) is 0 Å². The molecule has 1 aliphatic rings. The van der Waals surface area contributed by atoms with E-state index in [-0.39, 0.29) is 17.6 Å².